The SMILES string of the molecule is CC(=O)OC[C@H]1O[C@@H](Oc2ccc(NC(=O)[C@H](CCC(=O)OC(C)(C)C)NC(=O)CCCCCCCCCC(C)C(=O)O)cc2)[C@H](OC(C)=O)[C@@H](OC(C)=O)[C@@H]1OC(C)=O. The van der Waals surface area contributed by atoms with E-state index in [9.17, 15) is 38.4 Å². The molecule has 1 aromatic carbocycles. The monoisotopic (exact) mass is 850 g/mol. The van der Waals surface area contributed by atoms with Gasteiger partial charge in [-0.2, -0.15) is 0 Å². The van der Waals surface area contributed by atoms with Gasteiger partial charge in [0.05, 0.1) is 5.92 Å². The molecule has 18 heteroatoms. The van der Waals surface area contributed by atoms with E-state index in [1.54, 1.807) is 27.7 Å². The number of esters is 5. The van der Waals surface area contributed by atoms with Gasteiger partial charge in [0.2, 0.25) is 24.2 Å². The molecule has 0 bridgehead atoms. The molecule has 7 atom stereocenters. The fourth-order valence-corrected chi connectivity index (χ4v) is 6.20. The largest absolute Gasteiger partial charge is 0.481 e. The maximum Gasteiger partial charge on any atom is 0.306 e. The Kier molecular flexibility index (Phi) is 21.5. The number of carbonyl (C=O) groups excluding carboxylic acids is 7. The summed E-state index contributed by atoms with van der Waals surface area (Å²) < 4.78 is 38.8. The third kappa shape index (κ3) is 20.1. The van der Waals surface area contributed by atoms with Crippen molar-refractivity contribution in [3.8, 4) is 5.75 Å². The van der Waals surface area contributed by atoms with Crippen molar-refractivity contribution in [1.82, 2.24) is 5.32 Å². The van der Waals surface area contributed by atoms with Crippen LogP contribution in [0.4, 0.5) is 5.69 Å². The normalized spacial score (nSPS) is 19.7. The van der Waals surface area contributed by atoms with Gasteiger partial charge in [-0.25, -0.2) is 0 Å². The molecule has 60 heavy (non-hydrogen) atoms. The van der Waals surface area contributed by atoms with E-state index in [2.05, 4.69) is 10.6 Å². The molecule has 0 aromatic heterocycles. The lowest BCUT2D eigenvalue weighted by molar-refractivity contribution is -0.288. The highest BCUT2D eigenvalue weighted by Gasteiger charge is 2.53. The molecule has 1 unspecified atom stereocenters. The Balaban J connectivity index is 2.14. The molecule has 1 saturated heterocycles. The van der Waals surface area contributed by atoms with Gasteiger partial charge in [0, 0.05) is 46.2 Å². The first-order chi connectivity index (χ1) is 28.1. The topological polar surface area (TPSA) is 245 Å². The first-order valence-corrected chi connectivity index (χ1v) is 20.3. The highest BCUT2D eigenvalue weighted by Crippen LogP contribution is 2.31. The molecule has 3 N–H and O–H groups in total. The molecule has 1 aliphatic heterocycles. The molecule has 2 amide bonds. The van der Waals surface area contributed by atoms with Gasteiger partial charge < -0.3 is 48.9 Å². The second kappa shape index (κ2) is 25.4. The third-order valence-corrected chi connectivity index (χ3v) is 8.99. The molecule has 1 fully saturated rings. The molecule has 1 heterocycles. The maximum atomic E-state index is 13.5. The first kappa shape index (κ1) is 50.9. The van der Waals surface area contributed by atoms with Crippen molar-refractivity contribution in [2.24, 2.45) is 5.92 Å². The van der Waals surface area contributed by atoms with Crippen LogP contribution >= 0.6 is 0 Å². The van der Waals surface area contributed by atoms with Crippen LogP contribution in [0.3, 0.4) is 0 Å². The van der Waals surface area contributed by atoms with Crippen molar-refractivity contribution in [2.45, 2.75) is 168 Å². The summed E-state index contributed by atoms with van der Waals surface area (Å²) >= 11 is 0. The van der Waals surface area contributed by atoms with E-state index < -0.39 is 90.7 Å². The molecule has 1 aromatic rings. The smallest absolute Gasteiger partial charge is 0.306 e. The third-order valence-electron chi connectivity index (χ3n) is 8.99. The quantitative estimate of drug-likeness (QED) is 0.0709. The molecular formula is C42H62N2O16. The van der Waals surface area contributed by atoms with Crippen molar-refractivity contribution < 1.29 is 76.6 Å². The Morgan fingerprint density at radius 1 is 0.717 bits per heavy atom. The van der Waals surface area contributed by atoms with Crippen molar-refractivity contribution in [3.63, 3.8) is 0 Å². The highest BCUT2D eigenvalue weighted by molar-refractivity contribution is 5.97. The van der Waals surface area contributed by atoms with Crippen LogP contribution in [0.15, 0.2) is 24.3 Å². The average Bonchev–Trinajstić information content (AvgIpc) is 3.13. The van der Waals surface area contributed by atoms with Crippen molar-refractivity contribution in [1.29, 1.82) is 0 Å². The minimum Gasteiger partial charge on any atom is -0.481 e. The molecule has 2 rings (SSSR count). The van der Waals surface area contributed by atoms with E-state index in [1.165, 1.54) is 24.3 Å². The van der Waals surface area contributed by atoms with Gasteiger partial charge in [-0.15, -0.1) is 0 Å². The van der Waals surface area contributed by atoms with E-state index in [-0.39, 0.29) is 36.8 Å². The molecule has 18 nitrogen and oxygen atoms in total. The van der Waals surface area contributed by atoms with Crippen LogP contribution in [0.25, 0.3) is 0 Å². The number of carboxylic acid groups (broad SMARTS) is 1. The number of unbranched alkanes of at least 4 members (excludes halogenated alkanes) is 6. The predicted octanol–water partition coefficient (Wildman–Crippen LogP) is 4.93. The van der Waals surface area contributed by atoms with E-state index in [0.717, 1.165) is 66.2 Å². The van der Waals surface area contributed by atoms with E-state index >= 15 is 0 Å². The van der Waals surface area contributed by atoms with Gasteiger partial charge in [0.25, 0.3) is 0 Å². The van der Waals surface area contributed by atoms with E-state index in [4.69, 9.17) is 38.3 Å². The lowest BCUT2D eigenvalue weighted by atomic mass is 9.98. The number of aliphatic carboxylic acids is 1. The Hall–Kier alpha value is -5.26. The van der Waals surface area contributed by atoms with Crippen LogP contribution in [-0.4, -0.2) is 102 Å². The Morgan fingerprint density at radius 3 is 1.82 bits per heavy atom. The summed E-state index contributed by atoms with van der Waals surface area (Å²) in [5, 5.41) is 14.5. The van der Waals surface area contributed by atoms with Crippen LogP contribution in [0.5, 0.6) is 5.75 Å². The second-order valence-corrected chi connectivity index (χ2v) is 15.7. The number of carboxylic acids is 1. The zero-order valence-corrected chi connectivity index (χ0v) is 35.9. The summed E-state index contributed by atoms with van der Waals surface area (Å²) in [6, 6.07) is 4.80. The number of rotatable bonds is 24. The summed E-state index contributed by atoms with van der Waals surface area (Å²) in [6.45, 7) is 10.9. The number of carbonyl (C=O) groups is 8. The van der Waals surface area contributed by atoms with Crippen LogP contribution in [0.1, 0.15) is 126 Å². The summed E-state index contributed by atoms with van der Waals surface area (Å²) in [7, 11) is 0. The molecule has 336 valence electrons. The van der Waals surface area contributed by atoms with Gasteiger partial charge in [-0.3, -0.25) is 38.4 Å². The number of hydrogen-bond donors (Lipinski definition) is 3. The molecule has 1 aliphatic rings. The summed E-state index contributed by atoms with van der Waals surface area (Å²) in [6.07, 6.45) is -0.206. The number of benzene rings is 1. The number of anilines is 1. The van der Waals surface area contributed by atoms with E-state index in [1.807, 2.05) is 0 Å². The highest BCUT2D eigenvalue weighted by atomic mass is 16.7. The van der Waals surface area contributed by atoms with Gasteiger partial charge in [0.15, 0.2) is 12.2 Å². The van der Waals surface area contributed by atoms with Crippen LogP contribution in [0, 0.1) is 5.92 Å². The molecular weight excluding hydrogens is 788 g/mol. The van der Waals surface area contributed by atoms with Gasteiger partial charge in [-0.1, -0.05) is 45.4 Å². The number of ether oxygens (including phenoxy) is 7. The molecule has 0 spiro atoms. The first-order valence-electron chi connectivity index (χ1n) is 20.3. The lowest BCUT2D eigenvalue weighted by Crippen LogP contribution is -2.63. The summed E-state index contributed by atoms with van der Waals surface area (Å²) in [5.41, 5.74) is -0.447. The van der Waals surface area contributed by atoms with Crippen molar-refractivity contribution in [3.05, 3.63) is 24.3 Å². The van der Waals surface area contributed by atoms with Crippen LogP contribution < -0.4 is 15.4 Å². The molecule has 0 radical (unpaired) electrons. The zero-order valence-electron chi connectivity index (χ0n) is 35.9. The van der Waals surface area contributed by atoms with Crippen LogP contribution in [-0.2, 0) is 66.8 Å². The molecule has 0 saturated carbocycles. The van der Waals surface area contributed by atoms with E-state index in [0.29, 0.717) is 18.5 Å². The van der Waals surface area contributed by atoms with Crippen LogP contribution in [0.2, 0.25) is 0 Å². The van der Waals surface area contributed by atoms with Gasteiger partial charge in [-0.05, 0) is 64.3 Å². The van der Waals surface area contributed by atoms with Crippen molar-refractivity contribution in [2.75, 3.05) is 11.9 Å². The average molecular weight is 851 g/mol. The molecule has 0 aliphatic carbocycles. The van der Waals surface area contributed by atoms with Gasteiger partial charge >= 0.3 is 35.8 Å². The zero-order chi connectivity index (χ0) is 45.0. The fraction of sp³-hybridized carbons (Fsp3) is 0.667. The maximum absolute atomic E-state index is 13.5. The minimum absolute atomic E-state index is 0.0307. The van der Waals surface area contributed by atoms with Gasteiger partial charge in [0.1, 0.15) is 30.1 Å². The lowest BCUT2D eigenvalue weighted by Gasteiger charge is -2.43. The number of amides is 2. The summed E-state index contributed by atoms with van der Waals surface area (Å²) in [4.78, 5) is 98.0. The number of nitrogens with one attached hydrogen (secondary N) is 2. The summed E-state index contributed by atoms with van der Waals surface area (Å²) in [5.74, 6) is -5.51. The second-order valence-electron chi connectivity index (χ2n) is 15.7. The van der Waals surface area contributed by atoms with Crippen molar-refractivity contribution >= 4 is 53.3 Å². The minimum atomic E-state index is -1.47. The fourth-order valence-electron chi connectivity index (χ4n) is 6.20. The Morgan fingerprint density at radius 2 is 1.27 bits per heavy atom. The Bertz CT molecular complexity index is 1610. The number of hydrogen-bond acceptors (Lipinski definition) is 15. The standard InChI is InChI=1S/C42H62N2O16/c1-25(40(52)53)16-14-12-10-9-11-13-15-17-34(49)44-32(22-23-35(50)60-42(6,7)8)39(51)43-30-18-20-31(21-19-30)58-41-38(57-29(5)48)37(56-28(4)47)36(55-27(3)46)33(59-41)24-54-26(2)45/h18-21,25,32-33,36-38,41H,9-17,22-24H2,1-8H3,(H,43,51)(H,44,49)(H,52,53)/t25?,32-,33+,36+,37-,38+,41+/m0/s1. The predicted molar refractivity (Wildman–Crippen MR) is 213 cm³/mol. The Labute approximate surface area is 351 Å².